The molecule has 1 aliphatic carbocycles. The Morgan fingerprint density at radius 3 is 2.70 bits per heavy atom. The Labute approximate surface area is 122 Å². The van der Waals surface area contributed by atoms with Gasteiger partial charge in [-0.2, -0.15) is 0 Å². The van der Waals surface area contributed by atoms with Gasteiger partial charge in [0, 0.05) is 11.6 Å². The van der Waals surface area contributed by atoms with Crippen LogP contribution in [0.4, 0.5) is 5.69 Å². The number of anilines is 1. The monoisotopic (exact) mass is 296 g/mol. The van der Waals surface area contributed by atoms with E-state index in [0.29, 0.717) is 22.9 Å². The number of rotatable bonds is 5. The van der Waals surface area contributed by atoms with Crippen LogP contribution in [0, 0.1) is 0 Å². The second-order valence-corrected chi connectivity index (χ2v) is 5.11. The van der Waals surface area contributed by atoms with E-state index in [1.807, 2.05) is 0 Å². The number of carbonyl (C=O) groups excluding carboxylic acids is 2. The van der Waals surface area contributed by atoms with Crippen molar-refractivity contribution in [1.82, 2.24) is 4.90 Å². The van der Waals surface area contributed by atoms with Crippen LogP contribution in [-0.2, 0) is 9.53 Å². The van der Waals surface area contributed by atoms with Crippen LogP contribution in [0.1, 0.15) is 30.1 Å². The summed E-state index contributed by atoms with van der Waals surface area (Å²) in [5, 5.41) is 0.407. The number of nitrogens with zero attached hydrogens (tertiary/aromatic N) is 1. The van der Waals surface area contributed by atoms with Crippen molar-refractivity contribution in [3.8, 4) is 0 Å². The molecule has 0 atom stereocenters. The highest BCUT2D eigenvalue weighted by Gasteiger charge is 2.34. The first-order valence-electron chi connectivity index (χ1n) is 6.54. The van der Waals surface area contributed by atoms with Gasteiger partial charge in [0.15, 0.2) is 0 Å². The Hall–Kier alpha value is -1.75. The third-order valence-corrected chi connectivity index (χ3v) is 3.44. The number of hydrogen-bond acceptors (Lipinski definition) is 4. The first-order chi connectivity index (χ1) is 9.52. The lowest BCUT2D eigenvalue weighted by molar-refractivity contribution is -0.144. The van der Waals surface area contributed by atoms with E-state index in [1.165, 1.54) is 6.07 Å². The van der Waals surface area contributed by atoms with Crippen molar-refractivity contribution in [2.75, 3.05) is 18.9 Å². The molecule has 6 heteroatoms. The van der Waals surface area contributed by atoms with Crippen molar-refractivity contribution in [1.29, 1.82) is 0 Å². The normalized spacial score (nSPS) is 13.9. The molecule has 0 aliphatic heterocycles. The summed E-state index contributed by atoms with van der Waals surface area (Å²) in [6.45, 7) is 2.01. The SMILES string of the molecule is CCOC(=O)CN(C(=O)c1ccc(Cl)c(N)c1)C1CC1. The van der Waals surface area contributed by atoms with Crippen LogP contribution in [-0.4, -0.2) is 36.0 Å². The first-order valence-corrected chi connectivity index (χ1v) is 6.92. The predicted octanol–water partition coefficient (Wildman–Crippen LogP) is 2.09. The van der Waals surface area contributed by atoms with Gasteiger partial charge < -0.3 is 15.4 Å². The summed E-state index contributed by atoms with van der Waals surface area (Å²) in [5.74, 6) is -0.612. The van der Waals surface area contributed by atoms with Gasteiger partial charge in [-0.3, -0.25) is 9.59 Å². The average molecular weight is 297 g/mol. The molecule has 0 heterocycles. The lowest BCUT2D eigenvalue weighted by Crippen LogP contribution is -2.38. The summed E-state index contributed by atoms with van der Waals surface area (Å²) >= 11 is 5.84. The minimum atomic E-state index is -0.394. The van der Waals surface area contributed by atoms with Crippen molar-refractivity contribution in [3.05, 3.63) is 28.8 Å². The number of carbonyl (C=O) groups is 2. The van der Waals surface area contributed by atoms with Gasteiger partial charge in [0.2, 0.25) is 0 Å². The lowest BCUT2D eigenvalue weighted by atomic mass is 10.1. The number of nitrogen functional groups attached to an aromatic ring is 1. The topological polar surface area (TPSA) is 72.6 Å². The highest BCUT2D eigenvalue weighted by atomic mass is 35.5. The molecule has 2 rings (SSSR count). The maximum absolute atomic E-state index is 12.4. The highest BCUT2D eigenvalue weighted by molar-refractivity contribution is 6.33. The zero-order valence-electron chi connectivity index (χ0n) is 11.3. The molecule has 1 aliphatic rings. The maximum atomic E-state index is 12.4. The summed E-state index contributed by atoms with van der Waals surface area (Å²) < 4.78 is 4.90. The maximum Gasteiger partial charge on any atom is 0.325 e. The van der Waals surface area contributed by atoms with Gasteiger partial charge in [-0.05, 0) is 38.0 Å². The molecule has 0 bridgehead atoms. The smallest absolute Gasteiger partial charge is 0.325 e. The van der Waals surface area contributed by atoms with E-state index in [2.05, 4.69) is 0 Å². The molecule has 20 heavy (non-hydrogen) atoms. The predicted molar refractivity (Wildman–Crippen MR) is 76.6 cm³/mol. The fourth-order valence-electron chi connectivity index (χ4n) is 1.94. The van der Waals surface area contributed by atoms with E-state index in [-0.39, 0.29) is 18.5 Å². The Balaban J connectivity index is 2.14. The molecule has 0 radical (unpaired) electrons. The van der Waals surface area contributed by atoms with Crippen molar-refractivity contribution in [3.63, 3.8) is 0 Å². The molecule has 0 aromatic heterocycles. The molecular weight excluding hydrogens is 280 g/mol. The van der Waals surface area contributed by atoms with Crippen LogP contribution in [0.2, 0.25) is 5.02 Å². The van der Waals surface area contributed by atoms with Crippen molar-refractivity contribution >= 4 is 29.2 Å². The van der Waals surface area contributed by atoms with E-state index in [0.717, 1.165) is 12.8 Å². The van der Waals surface area contributed by atoms with Gasteiger partial charge in [0.05, 0.1) is 17.3 Å². The standard InChI is InChI=1S/C14H17ClN2O3/c1-2-20-13(18)8-17(10-4-5-10)14(19)9-3-6-11(15)12(16)7-9/h3,6-7,10H,2,4-5,8,16H2,1H3. The highest BCUT2D eigenvalue weighted by Crippen LogP contribution is 2.29. The fourth-order valence-corrected chi connectivity index (χ4v) is 2.06. The molecule has 5 nitrogen and oxygen atoms in total. The van der Waals surface area contributed by atoms with Gasteiger partial charge in [-0.15, -0.1) is 0 Å². The molecule has 108 valence electrons. The molecule has 1 aromatic rings. The largest absolute Gasteiger partial charge is 0.465 e. The van der Waals surface area contributed by atoms with Crippen LogP contribution in [0.25, 0.3) is 0 Å². The number of benzene rings is 1. The summed E-state index contributed by atoms with van der Waals surface area (Å²) in [7, 11) is 0. The van der Waals surface area contributed by atoms with Gasteiger partial charge in [0.1, 0.15) is 6.54 Å². The van der Waals surface area contributed by atoms with Crippen LogP contribution >= 0.6 is 11.6 Å². The van der Waals surface area contributed by atoms with Gasteiger partial charge in [-0.25, -0.2) is 0 Å². The van der Waals surface area contributed by atoms with Gasteiger partial charge in [-0.1, -0.05) is 11.6 Å². The average Bonchev–Trinajstić information content (AvgIpc) is 3.23. The molecule has 1 amide bonds. The minimum absolute atomic E-state index is 0.0279. The van der Waals surface area contributed by atoms with Gasteiger partial charge >= 0.3 is 5.97 Å². The lowest BCUT2D eigenvalue weighted by Gasteiger charge is -2.21. The van der Waals surface area contributed by atoms with E-state index < -0.39 is 5.97 Å². The van der Waals surface area contributed by atoms with Crippen molar-refractivity contribution in [2.24, 2.45) is 0 Å². The Morgan fingerprint density at radius 1 is 1.45 bits per heavy atom. The number of hydrogen-bond donors (Lipinski definition) is 1. The molecule has 0 spiro atoms. The minimum Gasteiger partial charge on any atom is -0.465 e. The molecule has 2 N–H and O–H groups in total. The van der Waals surface area contributed by atoms with Crippen molar-refractivity contribution in [2.45, 2.75) is 25.8 Å². The van der Waals surface area contributed by atoms with Crippen molar-refractivity contribution < 1.29 is 14.3 Å². The number of esters is 1. The third kappa shape index (κ3) is 3.42. The summed E-state index contributed by atoms with van der Waals surface area (Å²) in [6, 6.07) is 4.84. The Morgan fingerprint density at radius 2 is 2.15 bits per heavy atom. The Bertz CT molecular complexity index is 529. The second kappa shape index (κ2) is 6.13. The molecule has 1 saturated carbocycles. The third-order valence-electron chi connectivity index (χ3n) is 3.10. The first kappa shape index (κ1) is 14.7. The van der Waals surface area contributed by atoms with Gasteiger partial charge in [0.25, 0.3) is 5.91 Å². The van der Waals surface area contributed by atoms with Crippen LogP contribution < -0.4 is 5.73 Å². The van der Waals surface area contributed by atoms with Crippen LogP contribution in [0.5, 0.6) is 0 Å². The molecule has 0 unspecified atom stereocenters. The number of amides is 1. The molecule has 1 aromatic carbocycles. The number of halogens is 1. The number of ether oxygens (including phenoxy) is 1. The zero-order valence-corrected chi connectivity index (χ0v) is 12.0. The fraction of sp³-hybridized carbons (Fsp3) is 0.429. The van der Waals surface area contributed by atoms with Crippen LogP contribution in [0.15, 0.2) is 18.2 Å². The molecule has 0 saturated heterocycles. The zero-order chi connectivity index (χ0) is 14.7. The Kier molecular flexibility index (Phi) is 4.49. The van der Waals surface area contributed by atoms with E-state index in [9.17, 15) is 9.59 Å². The summed E-state index contributed by atoms with van der Waals surface area (Å²) in [6.07, 6.45) is 1.82. The van der Waals surface area contributed by atoms with E-state index >= 15 is 0 Å². The summed E-state index contributed by atoms with van der Waals surface area (Å²) in [4.78, 5) is 25.6. The quantitative estimate of drug-likeness (QED) is 0.667. The molecule has 1 fully saturated rings. The van der Waals surface area contributed by atoms with E-state index in [4.69, 9.17) is 22.1 Å². The van der Waals surface area contributed by atoms with E-state index in [1.54, 1.807) is 24.0 Å². The number of nitrogens with two attached hydrogens (primary N) is 1. The second-order valence-electron chi connectivity index (χ2n) is 4.71. The molecular formula is C14H17ClN2O3. The summed E-state index contributed by atoms with van der Waals surface area (Å²) in [5.41, 5.74) is 6.49. The van der Waals surface area contributed by atoms with Crippen LogP contribution in [0.3, 0.4) is 0 Å².